The highest BCUT2D eigenvalue weighted by Gasteiger charge is 2.20. The third-order valence-corrected chi connectivity index (χ3v) is 10.6. The van der Waals surface area contributed by atoms with Gasteiger partial charge >= 0.3 is 11.9 Å². The van der Waals surface area contributed by atoms with Gasteiger partial charge in [-0.3, -0.25) is 9.59 Å². The quantitative estimate of drug-likeness (QED) is 0.0502. The number of carbonyl (C=O) groups excluding carboxylic acids is 3. The molecule has 0 heterocycles. The number of nitrogens with two attached hydrogens (primary N) is 1. The van der Waals surface area contributed by atoms with Gasteiger partial charge in [0.2, 0.25) is 5.91 Å². The maximum Gasteiger partial charge on any atom is 0.333 e. The number of hydrogen-bond acceptors (Lipinski definition) is 11. The van der Waals surface area contributed by atoms with E-state index < -0.39 is 5.97 Å². The summed E-state index contributed by atoms with van der Waals surface area (Å²) >= 11 is 4.94. The molecule has 2 aromatic carbocycles. The molecule has 0 saturated carbocycles. The van der Waals surface area contributed by atoms with Gasteiger partial charge in [-0.2, -0.15) is 23.5 Å². The predicted molar refractivity (Wildman–Crippen MR) is 204 cm³/mol. The zero-order chi connectivity index (χ0) is 35.7. The van der Waals surface area contributed by atoms with E-state index in [9.17, 15) is 14.4 Å². The maximum absolute atomic E-state index is 13.1. The first kappa shape index (κ1) is 42.4. The van der Waals surface area contributed by atoms with Gasteiger partial charge < -0.3 is 30.0 Å². The fourth-order valence-electron chi connectivity index (χ4n) is 4.06. The number of aryl methyl sites for hydroxylation is 1. The van der Waals surface area contributed by atoms with E-state index in [-0.39, 0.29) is 36.3 Å². The number of amides is 1. The van der Waals surface area contributed by atoms with Crippen LogP contribution in [0.3, 0.4) is 0 Å². The molecular weight excluding hydrogens is 681 g/mol. The lowest BCUT2D eigenvalue weighted by molar-refractivity contribution is -0.152. The molecule has 270 valence electrons. The van der Waals surface area contributed by atoms with Crippen LogP contribution < -0.4 is 11.1 Å². The van der Waals surface area contributed by atoms with E-state index >= 15 is 0 Å². The van der Waals surface area contributed by atoms with Gasteiger partial charge in [-0.15, -0.1) is 11.8 Å². The molecule has 12 heteroatoms. The van der Waals surface area contributed by atoms with E-state index in [1.165, 1.54) is 5.56 Å². The lowest BCUT2D eigenvalue weighted by Gasteiger charge is -2.17. The molecule has 0 aliphatic rings. The Bertz CT molecular complexity index is 1280. The van der Waals surface area contributed by atoms with Gasteiger partial charge in [-0.1, -0.05) is 62.6 Å². The highest BCUT2D eigenvalue weighted by atomic mass is 32.2. The number of hydrogen-bond donors (Lipinski definition) is 2. The molecule has 0 fully saturated rings. The van der Waals surface area contributed by atoms with Gasteiger partial charge in [0, 0.05) is 47.4 Å². The second-order valence-corrected chi connectivity index (χ2v) is 14.8. The Balaban J connectivity index is 1.63. The van der Waals surface area contributed by atoms with Gasteiger partial charge in [-0.05, 0) is 54.3 Å². The van der Waals surface area contributed by atoms with Gasteiger partial charge in [-0.25, -0.2) is 4.79 Å². The van der Waals surface area contributed by atoms with Crippen molar-refractivity contribution < 1.29 is 33.3 Å². The molecule has 0 spiro atoms. The molecule has 0 saturated heterocycles. The van der Waals surface area contributed by atoms with Crippen molar-refractivity contribution >= 4 is 59.2 Å². The van der Waals surface area contributed by atoms with E-state index in [1.54, 1.807) is 42.2 Å². The predicted octanol–water partition coefficient (Wildman–Crippen LogP) is 5.80. The fourth-order valence-corrected chi connectivity index (χ4v) is 7.16. The van der Waals surface area contributed by atoms with Crippen LogP contribution in [0.1, 0.15) is 37.0 Å². The summed E-state index contributed by atoms with van der Waals surface area (Å²) in [5.41, 5.74) is 9.38. The summed E-state index contributed by atoms with van der Waals surface area (Å²) < 4.78 is 21.5. The minimum atomic E-state index is -0.493. The van der Waals surface area contributed by atoms with Crippen LogP contribution in [0.2, 0.25) is 0 Å². The Labute approximate surface area is 304 Å². The number of carbonyl (C=O) groups is 3. The van der Waals surface area contributed by atoms with Crippen LogP contribution in [0.5, 0.6) is 0 Å². The molecule has 49 heavy (non-hydrogen) atoms. The first-order valence-electron chi connectivity index (χ1n) is 16.5. The lowest BCUT2D eigenvalue weighted by Crippen LogP contribution is -2.35. The van der Waals surface area contributed by atoms with Crippen LogP contribution in [-0.4, -0.2) is 92.2 Å². The molecule has 0 aromatic heterocycles. The highest BCUT2D eigenvalue weighted by molar-refractivity contribution is 8.04. The van der Waals surface area contributed by atoms with Gasteiger partial charge in [0.15, 0.2) is 0 Å². The van der Waals surface area contributed by atoms with Crippen molar-refractivity contribution in [1.82, 2.24) is 5.32 Å². The van der Waals surface area contributed by atoms with Crippen molar-refractivity contribution in [3.63, 3.8) is 0 Å². The molecule has 0 bridgehead atoms. The largest absolute Gasteiger partial charge is 0.462 e. The number of esters is 2. The third-order valence-electron chi connectivity index (χ3n) is 6.86. The average Bonchev–Trinajstić information content (AvgIpc) is 3.11. The number of benzene rings is 2. The zero-order valence-corrected chi connectivity index (χ0v) is 31.3. The van der Waals surface area contributed by atoms with E-state index in [0.29, 0.717) is 56.6 Å². The van der Waals surface area contributed by atoms with Gasteiger partial charge in [0.25, 0.3) is 0 Å². The summed E-state index contributed by atoms with van der Waals surface area (Å²) in [6.07, 6.45) is 3.40. The fraction of sp³-hybridized carbons (Fsp3) is 0.486. The zero-order valence-electron chi connectivity index (χ0n) is 28.8. The molecule has 2 aromatic rings. The molecule has 2 atom stereocenters. The van der Waals surface area contributed by atoms with Crippen molar-refractivity contribution in [1.29, 1.82) is 0 Å². The summed E-state index contributed by atoms with van der Waals surface area (Å²) in [7, 11) is 0. The van der Waals surface area contributed by atoms with Crippen LogP contribution in [0.25, 0.3) is 6.08 Å². The third kappa shape index (κ3) is 19.3. The van der Waals surface area contributed by atoms with Crippen LogP contribution in [-0.2, 0) is 46.4 Å². The summed E-state index contributed by atoms with van der Waals surface area (Å²) in [5, 5.41) is 2.84. The Hall–Kier alpha value is -2.74. The average molecular weight is 733 g/mol. The van der Waals surface area contributed by atoms with Crippen molar-refractivity contribution in [3.8, 4) is 0 Å². The highest BCUT2D eigenvalue weighted by Crippen LogP contribution is 2.27. The number of rotatable bonds is 27. The summed E-state index contributed by atoms with van der Waals surface area (Å²) in [6.45, 7) is 14.0. The van der Waals surface area contributed by atoms with Crippen LogP contribution in [0.4, 0.5) is 0 Å². The SMILES string of the molecule is C=Cc1ccc(COCCOCCCNC(=O)C(CSCCN)Sc2ccc(CCSCC(C)C(=O)OCCOC(=O)C(=C)C)cc2)cc1. The summed E-state index contributed by atoms with van der Waals surface area (Å²) in [4.78, 5) is 37.7. The molecule has 2 rings (SSSR count). The first-order chi connectivity index (χ1) is 23.7. The summed E-state index contributed by atoms with van der Waals surface area (Å²) in [6, 6.07) is 16.4. The maximum atomic E-state index is 13.1. The Morgan fingerprint density at radius 2 is 1.55 bits per heavy atom. The van der Waals surface area contributed by atoms with Crippen LogP contribution >= 0.6 is 35.3 Å². The molecular formula is C37H52N2O7S3. The number of ether oxygens (including phenoxy) is 4. The number of thioether (sulfide) groups is 3. The van der Waals surface area contributed by atoms with E-state index in [4.69, 9.17) is 24.7 Å². The smallest absolute Gasteiger partial charge is 0.333 e. The molecule has 2 unspecified atom stereocenters. The monoisotopic (exact) mass is 732 g/mol. The molecule has 0 aliphatic heterocycles. The Morgan fingerprint density at radius 3 is 2.24 bits per heavy atom. The first-order valence-corrected chi connectivity index (χ1v) is 19.7. The Morgan fingerprint density at radius 1 is 0.878 bits per heavy atom. The van der Waals surface area contributed by atoms with E-state index in [2.05, 4.69) is 42.7 Å². The molecule has 9 nitrogen and oxygen atoms in total. The van der Waals surface area contributed by atoms with Crippen molar-refractivity contribution in [3.05, 3.63) is 84.0 Å². The Kier molecular flexibility index (Phi) is 22.6. The lowest BCUT2D eigenvalue weighted by atomic mass is 10.1. The topological polar surface area (TPSA) is 126 Å². The minimum Gasteiger partial charge on any atom is -0.462 e. The van der Waals surface area contributed by atoms with Crippen molar-refractivity contribution in [2.45, 2.75) is 43.4 Å². The van der Waals surface area contributed by atoms with E-state index in [1.807, 2.05) is 37.3 Å². The van der Waals surface area contributed by atoms with Crippen molar-refractivity contribution in [2.75, 3.05) is 69.1 Å². The minimum absolute atomic E-state index is 0.0151. The normalized spacial score (nSPS) is 12.1. The second-order valence-electron chi connectivity index (χ2n) is 11.2. The van der Waals surface area contributed by atoms with Crippen molar-refractivity contribution in [2.24, 2.45) is 11.7 Å². The standard InChI is InChI=1S/C37H52N2O7S3/c1-5-30-7-9-32(10-8-30)25-44-20-19-43-18-6-17-39-35(40)34(27-48-24-16-38)49-33-13-11-31(12-14-33)15-23-47-26-29(4)37(42)46-22-21-45-36(41)28(2)3/h5,7-14,29,34H,1-2,6,15-27,38H2,3-4H3,(H,39,40). The number of nitrogens with one attached hydrogen (secondary N) is 1. The molecule has 0 aliphatic carbocycles. The molecule has 3 N–H and O–H groups in total. The van der Waals surface area contributed by atoms with E-state index in [0.717, 1.165) is 40.4 Å². The van der Waals surface area contributed by atoms with Gasteiger partial charge in [0.05, 0.1) is 31.0 Å². The van der Waals surface area contributed by atoms with Crippen LogP contribution in [0, 0.1) is 5.92 Å². The second kappa shape index (κ2) is 26.1. The van der Waals surface area contributed by atoms with Gasteiger partial charge in [0.1, 0.15) is 13.2 Å². The molecule has 0 radical (unpaired) electrons. The van der Waals surface area contributed by atoms with Crippen LogP contribution in [0.15, 0.2) is 72.2 Å². The molecule has 1 amide bonds. The summed E-state index contributed by atoms with van der Waals surface area (Å²) in [5.74, 6) is 1.94.